The van der Waals surface area contributed by atoms with Crippen LogP contribution in [0.25, 0.3) is 0 Å². The maximum Gasteiger partial charge on any atom is 0.261 e. The predicted octanol–water partition coefficient (Wildman–Crippen LogP) is 4.30. The summed E-state index contributed by atoms with van der Waals surface area (Å²) in [6, 6.07) is 5.29. The van der Waals surface area contributed by atoms with Crippen molar-refractivity contribution in [2.24, 2.45) is 0 Å². The average Bonchev–Trinajstić information content (AvgIpc) is 2.70. The highest BCUT2D eigenvalue weighted by Crippen LogP contribution is 2.21. The number of imide groups is 1. The van der Waals surface area contributed by atoms with E-state index in [4.69, 9.17) is 0 Å². The zero-order valence-corrected chi connectivity index (χ0v) is 13.5. The molecule has 3 nitrogen and oxygen atoms in total. The van der Waals surface area contributed by atoms with E-state index in [0.29, 0.717) is 11.1 Å². The molecule has 0 N–H and O–H groups in total. The van der Waals surface area contributed by atoms with E-state index in [9.17, 15) is 9.59 Å². The van der Waals surface area contributed by atoms with E-state index in [2.05, 4.69) is 0 Å². The number of carbonyl (C=O) groups is 2. The number of hydrogen-bond donors (Lipinski definition) is 0. The lowest BCUT2D eigenvalue weighted by molar-refractivity contribution is 0.0693. The van der Waals surface area contributed by atoms with Gasteiger partial charge in [-0.1, -0.05) is 53.2 Å². The van der Waals surface area contributed by atoms with Crippen molar-refractivity contribution in [3.63, 3.8) is 0 Å². The molecule has 0 aliphatic carbocycles. The Bertz CT molecular complexity index is 411. The van der Waals surface area contributed by atoms with Gasteiger partial charge < -0.3 is 0 Å². The Balaban J connectivity index is 0. The minimum atomic E-state index is -0.208. The molecule has 19 heavy (non-hydrogen) atoms. The van der Waals surface area contributed by atoms with Crippen molar-refractivity contribution in [1.29, 1.82) is 0 Å². The molecule has 0 aromatic heterocycles. The number of aryl methyl sites for hydroxylation is 1. The second kappa shape index (κ2) is 10.3. The van der Waals surface area contributed by atoms with Crippen LogP contribution < -0.4 is 0 Å². The maximum atomic E-state index is 11.5. The Morgan fingerprint density at radius 2 is 1.21 bits per heavy atom. The Hall–Kier alpha value is -1.64. The molecule has 0 saturated heterocycles. The van der Waals surface area contributed by atoms with Crippen molar-refractivity contribution in [2.75, 3.05) is 7.05 Å². The minimum Gasteiger partial charge on any atom is -0.277 e. The molecule has 2 rings (SSSR count). The highest BCUT2D eigenvalue weighted by Gasteiger charge is 2.32. The second-order valence-corrected chi connectivity index (χ2v) is 3.22. The van der Waals surface area contributed by atoms with Gasteiger partial charge in [0.25, 0.3) is 11.8 Å². The van der Waals surface area contributed by atoms with Gasteiger partial charge in [-0.3, -0.25) is 14.5 Å². The lowest BCUT2D eigenvalue weighted by Gasteiger charge is -2.02. The third-order valence-corrected chi connectivity index (χ3v) is 2.25. The van der Waals surface area contributed by atoms with Crippen LogP contribution in [0.15, 0.2) is 18.2 Å². The number of hydrogen-bond acceptors (Lipinski definition) is 2. The van der Waals surface area contributed by atoms with Gasteiger partial charge >= 0.3 is 0 Å². The summed E-state index contributed by atoms with van der Waals surface area (Å²) in [6.45, 7) is 13.9. The summed E-state index contributed by atoms with van der Waals surface area (Å²) in [7, 11) is 1.50. The molecule has 0 fully saturated rings. The van der Waals surface area contributed by atoms with Crippen molar-refractivity contribution in [3.8, 4) is 0 Å². The summed E-state index contributed by atoms with van der Waals surface area (Å²) in [5, 5.41) is 0. The molecule has 2 amide bonds. The Morgan fingerprint density at radius 3 is 1.68 bits per heavy atom. The molecule has 0 radical (unpaired) electrons. The van der Waals surface area contributed by atoms with Crippen LogP contribution in [0, 0.1) is 6.92 Å². The number of benzene rings is 1. The van der Waals surface area contributed by atoms with Crippen molar-refractivity contribution in [2.45, 2.75) is 48.5 Å². The molecule has 1 aliphatic heterocycles. The zero-order chi connectivity index (χ0) is 15.6. The number of carbonyl (C=O) groups excluding carboxylic acids is 2. The van der Waals surface area contributed by atoms with Crippen LogP contribution in [-0.4, -0.2) is 23.8 Å². The van der Waals surface area contributed by atoms with Gasteiger partial charge in [0.1, 0.15) is 0 Å². The largest absolute Gasteiger partial charge is 0.277 e. The summed E-state index contributed by atoms with van der Waals surface area (Å²) >= 11 is 0. The summed E-state index contributed by atoms with van der Waals surface area (Å²) < 4.78 is 0. The predicted molar refractivity (Wildman–Crippen MR) is 81.6 cm³/mol. The van der Waals surface area contributed by atoms with E-state index in [-0.39, 0.29) is 11.8 Å². The number of nitrogens with zero attached hydrogens (tertiary/aromatic N) is 1. The Kier molecular flexibility index (Phi) is 10.7. The fourth-order valence-corrected chi connectivity index (χ4v) is 1.48. The lowest BCUT2D eigenvalue weighted by atomic mass is 10.1. The normalized spacial score (nSPS) is 11.3. The molecule has 3 heteroatoms. The minimum absolute atomic E-state index is 0.205. The van der Waals surface area contributed by atoms with E-state index in [1.807, 2.05) is 54.5 Å². The van der Waals surface area contributed by atoms with Gasteiger partial charge in [0.2, 0.25) is 0 Å². The van der Waals surface area contributed by atoms with Gasteiger partial charge in [-0.15, -0.1) is 0 Å². The fourth-order valence-electron chi connectivity index (χ4n) is 1.48. The SMILES string of the molecule is CC.CC.CC.Cc1ccc2c(c1)C(=O)N(C)C2=O. The van der Waals surface area contributed by atoms with Crippen LogP contribution in [0.1, 0.15) is 67.8 Å². The van der Waals surface area contributed by atoms with Crippen molar-refractivity contribution in [1.82, 2.24) is 4.90 Å². The van der Waals surface area contributed by atoms with Crippen LogP contribution >= 0.6 is 0 Å². The molecule has 0 bridgehead atoms. The molecular formula is C16H27NO2. The zero-order valence-electron chi connectivity index (χ0n) is 13.5. The highest BCUT2D eigenvalue weighted by molar-refractivity contribution is 6.21. The van der Waals surface area contributed by atoms with E-state index in [1.165, 1.54) is 7.05 Å². The first-order chi connectivity index (χ1) is 9.11. The van der Waals surface area contributed by atoms with Crippen LogP contribution in [-0.2, 0) is 0 Å². The molecule has 1 aromatic carbocycles. The van der Waals surface area contributed by atoms with Gasteiger partial charge in [0, 0.05) is 7.05 Å². The molecule has 1 aliphatic rings. The lowest BCUT2D eigenvalue weighted by Crippen LogP contribution is -2.24. The number of amides is 2. The summed E-state index contributed by atoms with van der Waals surface area (Å²) in [5.74, 6) is -0.413. The van der Waals surface area contributed by atoms with Crippen LogP contribution in [0.2, 0.25) is 0 Å². The van der Waals surface area contributed by atoms with Gasteiger partial charge in [-0.05, 0) is 19.1 Å². The summed E-state index contributed by atoms with van der Waals surface area (Å²) in [5.41, 5.74) is 2.03. The number of fused-ring (bicyclic) bond motifs is 1. The third kappa shape index (κ3) is 4.51. The van der Waals surface area contributed by atoms with Crippen molar-refractivity contribution in [3.05, 3.63) is 34.9 Å². The molecule has 108 valence electrons. The summed E-state index contributed by atoms with van der Waals surface area (Å²) in [4.78, 5) is 24.0. The van der Waals surface area contributed by atoms with Crippen molar-refractivity contribution < 1.29 is 9.59 Å². The second-order valence-electron chi connectivity index (χ2n) is 3.22. The molecular weight excluding hydrogens is 238 g/mol. The van der Waals surface area contributed by atoms with Gasteiger partial charge in [-0.25, -0.2) is 0 Å². The molecule has 0 unspecified atom stereocenters. The molecule has 0 saturated carbocycles. The average molecular weight is 265 g/mol. The third-order valence-electron chi connectivity index (χ3n) is 2.25. The van der Waals surface area contributed by atoms with Crippen LogP contribution in [0.3, 0.4) is 0 Å². The van der Waals surface area contributed by atoms with Gasteiger partial charge in [0.05, 0.1) is 11.1 Å². The first kappa shape index (κ1) is 19.7. The fraction of sp³-hybridized carbons (Fsp3) is 0.500. The number of rotatable bonds is 0. The topological polar surface area (TPSA) is 37.4 Å². The first-order valence-electron chi connectivity index (χ1n) is 7.04. The molecule has 1 aromatic rings. The first-order valence-corrected chi connectivity index (χ1v) is 7.04. The van der Waals surface area contributed by atoms with Gasteiger partial charge in [0.15, 0.2) is 0 Å². The van der Waals surface area contributed by atoms with Gasteiger partial charge in [-0.2, -0.15) is 0 Å². The highest BCUT2D eigenvalue weighted by atomic mass is 16.2. The van der Waals surface area contributed by atoms with E-state index in [0.717, 1.165) is 10.5 Å². The van der Waals surface area contributed by atoms with E-state index >= 15 is 0 Å². The molecule has 0 spiro atoms. The Labute approximate surface area is 117 Å². The Morgan fingerprint density at radius 1 is 0.789 bits per heavy atom. The maximum absolute atomic E-state index is 11.5. The smallest absolute Gasteiger partial charge is 0.261 e. The van der Waals surface area contributed by atoms with E-state index < -0.39 is 0 Å². The van der Waals surface area contributed by atoms with E-state index in [1.54, 1.807) is 12.1 Å². The van der Waals surface area contributed by atoms with Crippen molar-refractivity contribution >= 4 is 11.8 Å². The van der Waals surface area contributed by atoms with Crippen LogP contribution in [0.5, 0.6) is 0 Å². The molecule has 0 atom stereocenters. The summed E-state index contributed by atoms with van der Waals surface area (Å²) in [6.07, 6.45) is 0. The van der Waals surface area contributed by atoms with Crippen LogP contribution in [0.4, 0.5) is 0 Å². The monoisotopic (exact) mass is 265 g/mol. The molecule has 1 heterocycles. The quantitative estimate of drug-likeness (QED) is 0.656. The standard InChI is InChI=1S/C10H9NO2.3C2H6/c1-6-3-4-7-8(5-6)10(13)11(2)9(7)12;3*1-2/h3-5H,1-2H3;3*1-2H3.